The van der Waals surface area contributed by atoms with Crippen molar-refractivity contribution in [3.05, 3.63) is 168 Å². The quantitative estimate of drug-likeness (QED) is 0.120. The number of halogens is 2. The lowest BCUT2D eigenvalue weighted by Gasteiger charge is -2.29. The minimum absolute atomic E-state index is 0.313. The summed E-state index contributed by atoms with van der Waals surface area (Å²) in [5.74, 6) is -4.56. The summed E-state index contributed by atoms with van der Waals surface area (Å²) in [6, 6.07) is 44.5. The van der Waals surface area contributed by atoms with Crippen molar-refractivity contribution >= 4 is 46.1 Å². The Balaban J connectivity index is 1.31. The van der Waals surface area contributed by atoms with Crippen molar-refractivity contribution in [2.45, 2.75) is 33.1 Å². The fourth-order valence-electron chi connectivity index (χ4n) is 7.13. The van der Waals surface area contributed by atoms with Gasteiger partial charge in [-0.05, 0) is 126 Å². The number of carboxylic acids is 1. The van der Waals surface area contributed by atoms with Gasteiger partial charge in [-0.2, -0.15) is 0 Å². The Morgan fingerprint density at radius 2 is 1.06 bits per heavy atom. The van der Waals surface area contributed by atoms with Crippen molar-refractivity contribution in [1.29, 1.82) is 0 Å². The highest BCUT2D eigenvalue weighted by atomic mass is 19.1. The molecule has 0 heterocycles. The molecule has 0 aliphatic carbocycles. The summed E-state index contributed by atoms with van der Waals surface area (Å²) >= 11 is 0. The van der Waals surface area contributed by atoms with E-state index in [4.69, 9.17) is 4.74 Å². The number of carbonyl (C=O) groups is 2. The second kappa shape index (κ2) is 16.6. The number of methoxy groups -OCH3 is 1. The monoisotopic (exact) mass is 724 g/mol. The Kier molecular flexibility index (Phi) is 11.5. The van der Waals surface area contributed by atoms with Crippen LogP contribution in [-0.4, -0.2) is 24.2 Å². The molecule has 0 radical (unpaired) electrons. The van der Waals surface area contributed by atoms with Gasteiger partial charge in [0.2, 0.25) is 0 Å². The molecular weight excluding hydrogens is 683 g/mol. The number of carbonyl (C=O) groups excluding carboxylic acids is 1. The molecule has 0 fully saturated rings. The molecule has 3 unspecified atom stereocenters. The van der Waals surface area contributed by atoms with Crippen LogP contribution in [0.3, 0.4) is 0 Å². The summed E-state index contributed by atoms with van der Waals surface area (Å²) < 4.78 is 33.8. The molecule has 6 rings (SSSR count). The van der Waals surface area contributed by atoms with Crippen LogP contribution in [0.4, 0.5) is 42.9 Å². The number of esters is 1. The summed E-state index contributed by atoms with van der Waals surface area (Å²) in [6.45, 7) is 5.51. The summed E-state index contributed by atoms with van der Waals surface area (Å²) in [5.41, 5.74) is 8.50. The van der Waals surface area contributed by atoms with E-state index in [0.29, 0.717) is 17.8 Å². The molecule has 6 nitrogen and oxygen atoms in total. The number of rotatable bonds is 13. The molecule has 0 aliphatic heterocycles. The molecule has 1 N–H and O–H groups in total. The minimum atomic E-state index is -1.06. The van der Waals surface area contributed by atoms with Crippen LogP contribution in [0, 0.1) is 30.4 Å². The lowest BCUT2D eigenvalue weighted by atomic mass is 9.77. The van der Waals surface area contributed by atoms with Crippen LogP contribution in [0.5, 0.6) is 0 Å². The fourth-order valence-corrected chi connectivity index (χ4v) is 7.13. The van der Waals surface area contributed by atoms with Gasteiger partial charge in [0.15, 0.2) is 0 Å². The van der Waals surface area contributed by atoms with Crippen molar-refractivity contribution in [3.63, 3.8) is 0 Å². The number of hydrogen-bond donors (Lipinski definition) is 1. The number of anilines is 6. The average molecular weight is 725 g/mol. The van der Waals surface area contributed by atoms with E-state index in [1.807, 2.05) is 127 Å². The van der Waals surface area contributed by atoms with E-state index in [2.05, 4.69) is 6.07 Å². The molecule has 0 aliphatic rings. The second-order valence-electron chi connectivity index (χ2n) is 13.3. The third-order valence-corrected chi connectivity index (χ3v) is 9.83. The highest BCUT2D eigenvalue weighted by molar-refractivity contribution is 5.83. The van der Waals surface area contributed by atoms with Gasteiger partial charge in [-0.1, -0.05) is 74.5 Å². The van der Waals surface area contributed by atoms with E-state index in [1.165, 1.54) is 31.4 Å². The van der Waals surface area contributed by atoms with Crippen LogP contribution in [0.2, 0.25) is 0 Å². The second-order valence-corrected chi connectivity index (χ2v) is 13.3. The van der Waals surface area contributed by atoms with Crippen molar-refractivity contribution in [3.8, 4) is 11.1 Å². The van der Waals surface area contributed by atoms with Crippen LogP contribution in [0.15, 0.2) is 146 Å². The molecule has 274 valence electrons. The predicted octanol–water partition coefficient (Wildman–Crippen LogP) is 11.9. The first-order valence-corrected chi connectivity index (χ1v) is 17.9. The molecule has 0 amide bonds. The minimum Gasteiger partial charge on any atom is -0.481 e. The lowest BCUT2D eigenvalue weighted by molar-refractivity contribution is -0.156. The van der Waals surface area contributed by atoms with Gasteiger partial charge in [-0.25, -0.2) is 8.78 Å². The highest BCUT2D eigenvalue weighted by Gasteiger charge is 2.37. The maximum Gasteiger partial charge on any atom is 0.309 e. The van der Waals surface area contributed by atoms with E-state index < -0.39 is 29.7 Å². The van der Waals surface area contributed by atoms with E-state index in [9.17, 15) is 23.5 Å². The summed E-state index contributed by atoms with van der Waals surface area (Å²) in [4.78, 5) is 28.7. The largest absolute Gasteiger partial charge is 0.481 e. The first kappa shape index (κ1) is 37.5. The molecule has 0 saturated heterocycles. The van der Waals surface area contributed by atoms with Crippen LogP contribution < -0.4 is 9.80 Å². The van der Waals surface area contributed by atoms with Crippen LogP contribution in [0.1, 0.15) is 37.3 Å². The highest BCUT2D eigenvalue weighted by Crippen LogP contribution is 2.40. The normalized spacial score (nSPS) is 12.7. The number of nitrogens with zero attached hydrogens (tertiary/aromatic N) is 2. The third-order valence-electron chi connectivity index (χ3n) is 9.83. The molecule has 6 aromatic carbocycles. The zero-order chi connectivity index (χ0) is 38.4. The van der Waals surface area contributed by atoms with Crippen molar-refractivity contribution in [2.75, 3.05) is 16.9 Å². The van der Waals surface area contributed by atoms with E-state index in [-0.39, 0.29) is 11.6 Å². The molecule has 54 heavy (non-hydrogen) atoms. The molecular formula is C46H42F2N2O4. The molecule has 6 aromatic rings. The number of carboxylic acid groups (broad SMARTS) is 1. The maximum atomic E-state index is 14.6. The van der Waals surface area contributed by atoms with E-state index >= 15 is 0 Å². The maximum absolute atomic E-state index is 14.6. The number of ether oxygens (including phenoxy) is 1. The number of benzene rings is 6. The number of aliphatic carboxylic acids is 1. The Bertz CT molecular complexity index is 2180. The summed E-state index contributed by atoms with van der Waals surface area (Å²) in [5, 5.41) is 10.1. The van der Waals surface area contributed by atoms with E-state index in [1.54, 1.807) is 19.1 Å². The average Bonchev–Trinajstić information content (AvgIpc) is 3.17. The molecule has 0 spiro atoms. The van der Waals surface area contributed by atoms with Crippen LogP contribution >= 0.6 is 0 Å². The Morgan fingerprint density at radius 1 is 0.630 bits per heavy atom. The molecule has 0 saturated carbocycles. The Labute approximate surface area is 314 Å². The third kappa shape index (κ3) is 8.18. The van der Waals surface area contributed by atoms with Crippen molar-refractivity contribution in [1.82, 2.24) is 0 Å². The summed E-state index contributed by atoms with van der Waals surface area (Å²) in [7, 11) is 1.26. The van der Waals surface area contributed by atoms with Gasteiger partial charge in [0.25, 0.3) is 0 Å². The summed E-state index contributed by atoms with van der Waals surface area (Å²) in [6.07, 6.45) is 0.502. The Morgan fingerprint density at radius 3 is 1.46 bits per heavy atom. The van der Waals surface area contributed by atoms with Crippen molar-refractivity contribution in [2.24, 2.45) is 11.8 Å². The zero-order valence-corrected chi connectivity index (χ0v) is 30.6. The fraction of sp³-hybridized carbons (Fsp3) is 0.174. The molecule has 3 atom stereocenters. The molecule has 8 heteroatoms. The SMILES string of the molecule is CCC(c1ccc(N(c2ccc(-c3ccc(N(c4cccc(C)c4)c4cccc(F)c4)cc3)cc2)c2cccc(F)c2)cc1)C(C(=O)O)C(C)C(=O)OC. The lowest BCUT2D eigenvalue weighted by Crippen LogP contribution is -2.33. The number of aryl methyl sites for hydroxylation is 1. The standard InChI is InChI=1S/C46H42F2N2O4/c1-5-43(44(45(51)52)31(3)46(53)54-4)34-19-25-38(26-20-34)49(41-13-7-10-35(47)28-41)37-21-15-32(16-22-37)33-17-23-39(24-18-33)50(40-12-6-9-30(2)27-40)42-14-8-11-36(48)29-42/h6-29,31,43-44H,5H2,1-4H3,(H,51,52). The van der Waals surface area contributed by atoms with Gasteiger partial charge in [0.05, 0.1) is 18.9 Å². The van der Waals surface area contributed by atoms with Gasteiger partial charge in [-0.3, -0.25) is 9.59 Å². The zero-order valence-electron chi connectivity index (χ0n) is 30.6. The van der Waals surface area contributed by atoms with Crippen molar-refractivity contribution < 1.29 is 28.2 Å². The van der Waals surface area contributed by atoms with Crippen LogP contribution in [-0.2, 0) is 14.3 Å². The topological polar surface area (TPSA) is 70.1 Å². The van der Waals surface area contributed by atoms with Gasteiger partial charge >= 0.3 is 11.9 Å². The van der Waals surface area contributed by atoms with Gasteiger partial charge < -0.3 is 19.6 Å². The first-order valence-electron chi connectivity index (χ1n) is 17.9. The van der Waals surface area contributed by atoms with Gasteiger partial charge in [0, 0.05) is 34.1 Å². The van der Waals surface area contributed by atoms with E-state index in [0.717, 1.165) is 45.0 Å². The molecule has 0 bridgehead atoms. The Hall–Kier alpha value is -6.28. The predicted molar refractivity (Wildman–Crippen MR) is 211 cm³/mol. The van der Waals surface area contributed by atoms with Gasteiger partial charge in [0.1, 0.15) is 11.6 Å². The number of hydrogen-bond acceptors (Lipinski definition) is 5. The smallest absolute Gasteiger partial charge is 0.309 e. The molecule has 0 aromatic heterocycles. The van der Waals surface area contributed by atoms with Crippen LogP contribution in [0.25, 0.3) is 11.1 Å². The first-order chi connectivity index (χ1) is 26.1. The van der Waals surface area contributed by atoms with Gasteiger partial charge in [-0.15, -0.1) is 0 Å².